The van der Waals surface area contributed by atoms with Gasteiger partial charge in [-0.3, -0.25) is 9.59 Å². The Bertz CT molecular complexity index is 596. The number of rotatable bonds is 6. The number of nitrogens with two attached hydrogens (primary N) is 1. The summed E-state index contributed by atoms with van der Waals surface area (Å²) in [5.41, 5.74) is 5.49. The molecule has 0 atom stereocenters. The zero-order valence-electron chi connectivity index (χ0n) is 10.7. The van der Waals surface area contributed by atoms with Crippen LogP contribution in [0.1, 0.15) is 15.2 Å². The number of hydrogen-bond donors (Lipinski definition) is 2. The maximum Gasteiger partial charge on any atom is 0.258 e. The Balaban J connectivity index is 1.85. The summed E-state index contributed by atoms with van der Waals surface area (Å²) in [5, 5.41) is 4.68. The summed E-state index contributed by atoms with van der Waals surface area (Å²) in [6, 6.07) is 10.4. The van der Waals surface area contributed by atoms with Crippen molar-refractivity contribution in [3.05, 3.63) is 52.2 Å². The molecular weight excluding hydrogens is 276 g/mol. The number of para-hydroxylation sites is 1. The molecule has 0 fully saturated rings. The third kappa shape index (κ3) is 3.83. The second-order valence-corrected chi connectivity index (χ2v) is 5.04. The zero-order valence-corrected chi connectivity index (χ0v) is 11.5. The minimum absolute atomic E-state index is 0.157. The molecule has 0 aliphatic rings. The van der Waals surface area contributed by atoms with Crippen LogP contribution in [0.25, 0.3) is 0 Å². The van der Waals surface area contributed by atoms with Gasteiger partial charge in [0.25, 0.3) is 11.8 Å². The number of thiophene rings is 1. The highest BCUT2D eigenvalue weighted by Crippen LogP contribution is 2.16. The lowest BCUT2D eigenvalue weighted by Gasteiger charge is -2.09. The van der Waals surface area contributed by atoms with Gasteiger partial charge in [-0.05, 0) is 23.6 Å². The average molecular weight is 290 g/mol. The second-order valence-electron chi connectivity index (χ2n) is 4.01. The monoisotopic (exact) mass is 290 g/mol. The van der Waals surface area contributed by atoms with Gasteiger partial charge in [0.1, 0.15) is 5.75 Å². The van der Waals surface area contributed by atoms with E-state index >= 15 is 0 Å². The van der Waals surface area contributed by atoms with Crippen molar-refractivity contribution in [2.45, 2.75) is 6.54 Å². The summed E-state index contributed by atoms with van der Waals surface area (Å²) < 4.78 is 5.32. The van der Waals surface area contributed by atoms with E-state index in [2.05, 4.69) is 5.32 Å². The molecule has 0 aliphatic heterocycles. The summed E-state index contributed by atoms with van der Waals surface area (Å²) in [6.07, 6.45) is 0. The van der Waals surface area contributed by atoms with Crippen molar-refractivity contribution in [3.63, 3.8) is 0 Å². The molecule has 0 aliphatic carbocycles. The molecule has 1 aromatic carbocycles. The number of primary amides is 1. The van der Waals surface area contributed by atoms with Gasteiger partial charge in [-0.2, -0.15) is 0 Å². The van der Waals surface area contributed by atoms with E-state index in [1.165, 1.54) is 0 Å². The molecule has 2 amide bonds. The van der Waals surface area contributed by atoms with E-state index in [9.17, 15) is 9.59 Å². The van der Waals surface area contributed by atoms with Gasteiger partial charge >= 0.3 is 0 Å². The molecule has 0 radical (unpaired) electrons. The van der Waals surface area contributed by atoms with Gasteiger partial charge in [-0.25, -0.2) is 0 Å². The normalized spacial score (nSPS) is 10.0. The fraction of sp³-hybridized carbons (Fsp3) is 0.143. The number of hydrogen-bond acceptors (Lipinski definition) is 4. The standard InChI is InChI=1S/C14H14N2O3S/c15-14(18)11-5-1-2-6-12(11)19-9-13(17)16-8-10-4-3-7-20-10/h1-7H,8-9H2,(H2,15,18)(H,16,17). The molecule has 3 N–H and O–H groups in total. The van der Waals surface area contributed by atoms with E-state index in [0.29, 0.717) is 12.3 Å². The quantitative estimate of drug-likeness (QED) is 0.846. The average Bonchev–Trinajstić information content (AvgIpc) is 2.96. The van der Waals surface area contributed by atoms with Crippen molar-refractivity contribution >= 4 is 23.2 Å². The van der Waals surface area contributed by atoms with Crippen LogP contribution in [0, 0.1) is 0 Å². The van der Waals surface area contributed by atoms with Crippen molar-refractivity contribution in [2.75, 3.05) is 6.61 Å². The van der Waals surface area contributed by atoms with E-state index in [4.69, 9.17) is 10.5 Å². The topological polar surface area (TPSA) is 81.4 Å². The van der Waals surface area contributed by atoms with Gasteiger partial charge < -0.3 is 15.8 Å². The lowest BCUT2D eigenvalue weighted by Crippen LogP contribution is -2.28. The Hall–Kier alpha value is -2.34. The van der Waals surface area contributed by atoms with E-state index in [1.807, 2.05) is 17.5 Å². The first-order valence-electron chi connectivity index (χ1n) is 5.97. The van der Waals surface area contributed by atoms with Gasteiger partial charge in [0, 0.05) is 4.88 Å². The lowest BCUT2D eigenvalue weighted by atomic mass is 10.2. The van der Waals surface area contributed by atoms with Crippen molar-refractivity contribution in [1.82, 2.24) is 5.32 Å². The first-order valence-corrected chi connectivity index (χ1v) is 6.85. The van der Waals surface area contributed by atoms with Crippen LogP contribution in [0.3, 0.4) is 0 Å². The van der Waals surface area contributed by atoms with Crippen molar-refractivity contribution in [1.29, 1.82) is 0 Å². The molecule has 2 rings (SSSR count). The van der Waals surface area contributed by atoms with Crippen LogP contribution in [0.2, 0.25) is 0 Å². The maximum atomic E-state index is 11.6. The molecule has 1 aromatic heterocycles. The highest BCUT2D eigenvalue weighted by Gasteiger charge is 2.10. The molecule has 20 heavy (non-hydrogen) atoms. The van der Waals surface area contributed by atoms with Crippen molar-refractivity contribution < 1.29 is 14.3 Å². The van der Waals surface area contributed by atoms with Gasteiger partial charge in [-0.1, -0.05) is 18.2 Å². The molecule has 6 heteroatoms. The highest BCUT2D eigenvalue weighted by atomic mass is 32.1. The third-order valence-corrected chi connectivity index (χ3v) is 3.43. The Kier molecular flexibility index (Phi) is 4.73. The van der Waals surface area contributed by atoms with E-state index in [1.54, 1.807) is 35.6 Å². The van der Waals surface area contributed by atoms with Gasteiger partial charge in [0.2, 0.25) is 0 Å². The third-order valence-electron chi connectivity index (χ3n) is 2.55. The van der Waals surface area contributed by atoms with Crippen LogP contribution < -0.4 is 15.8 Å². The van der Waals surface area contributed by atoms with Crippen molar-refractivity contribution in [3.8, 4) is 5.75 Å². The molecule has 0 saturated carbocycles. The summed E-state index contributed by atoms with van der Waals surface area (Å²) in [5.74, 6) is -0.524. The molecule has 5 nitrogen and oxygen atoms in total. The first-order chi connectivity index (χ1) is 9.66. The number of carbonyl (C=O) groups is 2. The van der Waals surface area contributed by atoms with Gasteiger partial charge in [0.15, 0.2) is 6.61 Å². The largest absolute Gasteiger partial charge is 0.483 e. The first kappa shape index (κ1) is 14.1. The number of benzene rings is 1. The molecule has 2 aromatic rings. The fourth-order valence-corrected chi connectivity index (χ4v) is 2.23. The minimum Gasteiger partial charge on any atom is -0.483 e. The van der Waals surface area contributed by atoms with E-state index in [0.717, 1.165) is 4.88 Å². The SMILES string of the molecule is NC(=O)c1ccccc1OCC(=O)NCc1cccs1. The van der Waals surface area contributed by atoms with Crippen LogP contribution in [0.4, 0.5) is 0 Å². The highest BCUT2D eigenvalue weighted by molar-refractivity contribution is 7.09. The second kappa shape index (κ2) is 6.72. The maximum absolute atomic E-state index is 11.6. The summed E-state index contributed by atoms with van der Waals surface area (Å²) in [4.78, 5) is 23.9. The van der Waals surface area contributed by atoms with Crippen LogP contribution in [-0.2, 0) is 11.3 Å². The summed E-state index contributed by atoms with van der Waals surface area (Å²) in [6.45, 7) is 0.312. The zero-order chi connectivity index (χ0) is 14.4. The van der Waals surface area contributed by atoms with Gasteiger partial charge in [-0.15, -0.1) is 11.3 Å². The van der Waals surface area contributed by atoms with Crippen LogP contribution in [0.15, 0.2) is 41.8 Å². The number of ether oxygens (including phenoxy) is 1. The molecule has 0 unspecified atom stereocenters. The predicted octanol–water partition coefficient (Wildman–Crippen LogP) is 1.54. The van der Waals surface area contributed by atoms with E-state index < -0.39 is 5.91 Å². The molecule has 0 spiro atoms. The Morgan fingerprint density at radius 1 is 1.20 bits per heavy atom. The fourth-order valence-electron chi connectivity index (χ4n) is 1.59. The molecular formula is C14H14N2O3S. The van der Waals surface area contributed by atoms with Crippen molar-refractivity contribution in [2.24, 2.45) is 5.73 Å². The number of nitrogens with one attached hydrogen (secondary N) is 1. The lowest BCUT2D eigenvalue weighted by molar-refractivity contribution is -0.123. The van der Waals surface area contributed by atoms with Gasteiger partial charge in [0.05, 0.1) is 12.1 Å². The number of amides is 2. The Morgan fingerprint density at radius 3 is 2.70 bits per heavy atom. The van der Waals surface area contributed by atoms with Crippen LogP contribution in [0.5, 0.6) is 5.75 Å². The summed E-state index contributed by atoms with van der Waals surface area (Å²) in [7, 11) is 0. The van der Waals surface area contributed by atoms with Crippen LogP contribution >= 0.6 is 11.3 Å². The molecule has 0 saturated heterocycles. The summed E-state index contributed by atoms with van der Waals surface area (Å²) >= 11 is 1.57. The molecule has 104 valence electrons. The minimum atomic E-state index is -0.584. The van der Waals surface area contributed by atoms with E-state index in [-0.39, 0.29) is 18.1 Å². The molecule has 1 heterocycles. The number of carbonyl (C=O) groups excluding carboxylic acids is 2. The van der Waals surface area contributed by atoms with Crippen LogP contribution in [-0.4, -0.2) is 18.4 Å². The molecule has 0 bridgehead atoms. The Labute approximate surface area is 120 Å². The Morgan fingerprint density at radius 2 is 2.00 bits per heavy atom. The predicted molar refractivity (Wildman–Crippen MR) is 76.6 cm³/mol. The smallest absolute Gasteiger partial charge is 0.258 e.